The van der Waals surface area contributed by atoms with Crippen molar-refractivity contribution in [3.05, 3.63) is 0 Å². The summed E-state index contributed by atoms with van der Waals surface area (Å²) in [5.41, 5.74) is 6.30. The monoisotopic (exact) mass is 357 g/mol. The highest BCUT2D eigenvalue weighted by Gasteiger charge is 2.41. The van der Waals surface area contributed by atoms with Crippen LogP contribution in [0.15, 0.2) is 0 Å². The Kier molecular flexibility index (Phi) is 6.93. The summed E-state index contributed by atoms with van der Waals surface area (Å²) >= 11 is 0. The number of halogens is 1. The molecule has 0 aromatic carbocycles. The SMILES string of the molecule is CC(NC(=O)C1CC2CCCC(C1)C2N)C(=O)N1CCCCC1.Cl. The van der Waals surface area contributed by atoms with E-state index in [1.807, 2.05) is 11.8 Å². The molecule has 2 saturated carbocycles. The van der Waals surface area contributed by atoms with Crippen LogP contribution in [0, 0.1) is 17.8 Å². The van der Waals surface area contributed by atoms with Crippen LogP contribution in [0.4, 0.5) is 0 Å². The zero-order chi connectivity index (χ0) is 16.4. The van der Waals surface area contributed by atoms with Gasteiger partial charge in [-0.15, -0.1) is 12.4 Å². The largest absolute Gasteiger partial charge is 0.344 e. The van der Waals surface area contributed by atoms with Gasteiger partial charge in [-0.2, -0.15) is 0 Å². The van der Waals surface area contributed by atoms with Crippen molar-refractivity contribution in [2.45, 2.75) is 70.4 Å². The smallest absolute Gasteiger partial charge is 0.244 e. The van der Waals surface area contributed by atoms with Gasteiger partial charge >= 0.3 is 0 Å². The Morgan fingerprint density at radius 3 is 2.21 bits per heavy atom. The molecular formula is C18H32ClN3O2. The number of amides is 2. The standard InChI is InChI=1S/C18H31N3O2.ClH/c1-12(18(23)21-8-3-2-4-9-21)20-17(22)15-10-13-6-5-7-14(11-15)16(13)19;/h12-16H,2-11,19H2,1H3,(H,20,22);1H. The third kappa shape index (κ3) is 4.23. The minimum atomic E-state index is -0.406. The van der Waals surface area contributed by atoms with E-state index < -0.39 is 6.04 Å². The van der Waals surface area contributed by atoms with Crippen LogP contribution in [0.1, 0.15) is 58.3 Å². The lowest BCUT2D eigenvalue weighted by Gasteiger charge is -2.43. The van der Waals surface area contributed by atoms with Crippen LogP contribution in [0.25, 0.3) is 0 Å². The van der Waals surface area contributed by atoms with Crippen LogP contribution in [0.3, 0.4) is 0 Å². The molecular weight excluding hydrogens is 326 g/mol. The third-order valence-electron chi connectivity index (χ3n) is 6.18. The molecule has 24 heavy (non-hydrogen) atoms. The predicted molar refractivity (Wildman–Crippen MR) is 96.8 cm³/mol. The Bertz CT molecular complexity index is 440. The average molecular weight is 358 g/mol. The van der Waals surface area contributed by atoms with Gasteiger partial charge in [0.1, 0.15) is 6.04 Å². The fraction of sp³-hybridized carbons (Fsp3) is 0.889. The second-order valence-corrected chi connectivity index (χ2v) is 7.81. The maximum Gasteiger partial charge on any atom is 0.244 e. The fourth-order valence-electron chi connectivity index (χ4n) is 4.78. The molecule has 0 aromatic rings. The van der Waals surface area contributed by atoms with E-state index in [-0.39, 0.29) is 36.2 Å². The van der Waals surface area contributed by atoms with Crippen molar-refractivity contribution >= 4 is 24.2 Å². The minimum absolute atomic E-state index is 0. The number of nitrogens with two attached hydrogens (primary N) is 1. The molecule has 0 aromatic heterocycles. The van der Waals surface area contributed by atoms with E-state index in [0.29, 0.717) is 11.8 Å². The number of fused-ring (bicyclic) bond motifs is 2. The Labute approximate surface area is 151 Å². The van der Waals surface area contributed by atoms with Gasteiger partial charge in [0.15, 0.2) is 0 Å². The number of likely N-dealkylation sites (tertiary alicyclic amines) is 1. The summed E-state index contributed by atoms with van der Waals surface area (Å²) in [5, 5.41) is 2.98. The van der Waals surface area contributed by atoms with Crippen molar-refractivity contribution in [3.8, 4) is 0 Å². The van der Waals surface area contributed by atoms with Crippen molar-refractivity contribution in [2.75, 3.05) is 13.1 Å². The molecule has 3 atom stereocenters. The van der Waals surface area contributed by atoms with Gasteiger partial charge in [-0.05, 0) is 63.7 Å². The van der Waals surface area contributed by atoms with Gasteiger partial charge in [-0.25, -0.2) is 0 Å². The molecule has 1 saturated heterocycles. The number of hydrogen-bond donors (Lipinski definition) is 2. The van der Waals surface area contributed by atoms with Crippen molar-refractivity contribution in [1.29, 1.82) is 0 Å². The first-order valence-corrected chi connectivity index (χ1v) is 9.41. The lowest BCUT2D eigenvalue weighted by Crippen LogP contribution is -2.53. The molecule has 3 rings (SSSR count). The number of rotatable bonds is 3. The number of carbonyl (C=O) groups is 2. The van der Waals surface area contributed by atoms with Crippen LogP contribution < -0.4 is 11.1 Å². The molecule has 1 aliphatic heterocycles. The average Bonchev–Trinajstić information content (AvgIpc) is 2.54. The number of carbonyl (C=O) groups excluding carboxylic acids is 2. The van der Waals surface area contributed by atoms with Crippen molar-refractivity contribution in [2.24, 2.45) is 23.5 Å². The fourth-order valence-corrected chi connectivity index (χ4v) is 4.78. The molecule has 3 N–H and O–H groups in total. The van der Waals surface area contributed by atoms with E-state index in [4.69, 9.17) is 5.73 Å². The molecule has 1 heterocycles. The molecule has 5 nitrogen and oxygen atoms in total. The Hall–Kier alpha value is -0.810. The zero-order valence-corrected chi connectivity index (χ0v) is 15.5. The van der Waals surface area contributed by atoms with E-state index in [9.17, 15) is 9.59 Å². The first-order valence-electron chi connectivity index (χ1n) is 9.41. The first kappa shape index (κ1) is 19.5. The summed E-state index contributed by atoms with van der Waals surface area (Å²) in [7, 11) is 0. The summed E-state index contributed by atoms with van der Waals surface area (Å²) in [4.78, 5) is 27.0. The molecule has 6 heteroatoms. The highest BCUT2D eigenvalue weighted by Crippen LogP contribution is 2.41. The Morgan fingerprint density at radius 1 is 1.04 bits per heavy atom. The topological polar surface area (TPSA) is 75.4 Å². The molecule has 3 fully saturated rings. The molecule has 2 aliphatic carbocycles. The third-order valence-corrected chi connectivity index (χ3v) is 6.18. The predicted octanol–water partition coefficient (Wildman–Crippen LogP) is 2.08. The summed E-state index contributed by atoms with van der Waals surface area (Å²) in [6, 6.07) is -0.128. The van der Waals surface area contributed by atoms with Crippen LogP contribution in [0.5, 0.6) is 0 Å². The van der Waals surface area contributed by atoms with Crippen LogP contribution in [-0.2, 0) is 9.59 Å². The molecule has 3 unspecified atom stereocenters. The summed E-state index contributed by atoms with van der Waals surface area (Å²) in [5.74, 6) is 1.16. The minimum Gasteiger partial charge on any atom is -0.344 e. The first-order chi connectivity index (χ1) is 11.1. The number of nitrogens with zero attached hydrogens (tertiary/aromatic N) is 1. The van der Waals surface area contributed by atoms with Crippen LogP contribution in [-0.4, -0.2) is 41.9 Å². The van der Waals surface area contributed by atoms with Gasteiger partial charge in [0.2, 0.25) is 11.8 Å². The Balaban J connectivity index is 0.00000208. The normalized spacial score (nSPS) is 34.0. The van der Waals surface area contributed by atoms with Gasteiger partial charge in [-0.3, -0.25) is 9.59 Å². The molecule has 3 aliphatic rings. The second kappa shape index (κ2) is 8.52. The number of hydrogen-bond acceptors (Lipinski definition) is 3. The maximum absolute atomic E-state index is 12.6. The van der Waals surface area contributed by atoms with Gasteiger partial charge < -0.3 is 16.0 Å². The Morgan fingerprint density at radius 2 is 1.62 bits per heavy atom. The van der Waals surface area contributed by atoms with E-state index in [2.05, 4.69) is 5.32 Å². The van der Waals surface area contributed by atoms with Gasteiger partial charge in [0, 0.05) is 25.0 Å². The van der Waals surface area contributed by atoms with E-state index in [1.165, 1.54) is 12.8 Å². The number of nitrogens with one attached hydrogen (secondary N) is 1. The van der Waals surface area contributed by atoms with E-state index in [0.717, 1.165) is 51.6 Å². The van der Waals surface area contributed by atoms with Crippen molar-refractivity contribution in [3.63, 3.8) is 0 Å². The highest BCUT2D eigenvalue weighted by atomic mass is 35.5. The van der Waals surface area contributed by atoms with Gasteiger partial charge in [0.05, 0.1) is 0 Å². The molecule has 2 bridgehead atoms. The summed E-state index contributed by atoms with van der Waals surface area (Å²) in [6.07, 6.45) is 8.72. The van der Waals surface area contributed by atoms with Gasteiger partial charge in [-0.1, -0.05) is 6.42 Å². The molecule has 138 valence electrons. The molecule has 0 spiro atoms. The zero-order valence-electron chi connectivity index (χ0n) is 14.7. The quantitative estimate of drug-likeness (QED) is 0.812. The maximum atomic E-state index is 12.6. The lowest BCUT2D eigenvalue weighted by molar-refractivity contribution is -0.138. The second-order valence-electron chi connectivity index (χ2n) is 7.81. The van der Waals surface area contributed by atoms with Crippen molar-refractivity contribution in [1.82, 2.24) is 10.2 Å². The number of piperidine rings is 1. The van der Waals surface area contributed by atoms with Gasteiger partial charge in [0.25, 0.3) is 0 Å². The molecule has 0 radical (unpaired) electrons. The van der Waals surface area contributed by atoms with Crippen molar-refractivity contribution < 1.29 is 9.59 Å². The summed E-state index contributed by atoms with van der Waals surface area (Å²) in [6.45, 7) is 3.49. The van der Waals surface area contributed by atoms with Crippen LogP contribution >= 0.6 is 12.4 Å². The summed E-state index contributed by atoms with van der Waals surface area (Å²) < 4.78 is 0. The lowest BCUT2D eigenvalue weighted by atomic mass is 9.65. The molecule has 2 amide bonds. The van der Waals surface area contributed by atoms with E-state index >= 15 is 0 Å². The van der Waals surface area contributed by atoms with Crippen LogP contribution in [0.2, 0.25) is 0 Å². The van der Waals surface area contributed by atoms with E-state index in [1.54, 1.807) is 0 Å². The highest BCUT2D eigenvalue weighted by molar-refractivity contribution is 5.88.